The van der Waals surface area contributed by atoms with Crippen LogP contribution >= 0.6 is 11.6 Å². The molecule has 2 aliphatic heterocycles. The summed E-state index contributed by atoms with van der Waals surface area (Å²) in [6.07, 6.45) is 5.73. The van der Waals surface area contributed by atoms with Gasteiger partial charge in [-0.1, -0.05) is 11.6 Å². The molecule has 1 aromatic carbocycles. The molecule has 0 amide bonds. The van der Waals surface area contributed by atoms with E-state index >= 15 is 0 Å². The molecule has 3 nitrogen and oxygen atoms in total. The minimum absolute atomic E-state index is 0.244. The predicted molar refractivity (Wildman–Crippen MR) is 75.1 cm³/mol. The Hall–Kier alpha value is -1.06. The molecule has 2 fully saturated rings. The zero-order valence-electron chi connectivity index (χ0n) is 11.0. The maximum absolute atomic E-state index is 10.7. The Balaban J connectivity index is 1.71. The normalized spacial score (nSPS) is 30.3. The lowest BCUT2D eigenvalue weighted by Crippen LogP contribution is -2.43. The van der Waals surface area contributed by atoms with Crippen LogP contribution in [0.2, 0.25) is 5.02 Å². The summed E-state index contributed by atoms with van der Waals surface area (Å²) in [5.74, 6) is 0.696. The summed E-state index contributed by atoms with van der Waals surface area (Å²) in [6, 6.07) is 6.51. The Morgan fingerprint density at radius 3 is 2.58 bits per heavy atom. The number of benzene rings is 1. The molecule has 0 radical (unpaired) electrons. The highest BCUT2D eigenvalue weighted by Crippen LogP contribution is 2.37. The van der Waals surface area contributed by atoms with Crippen LogP contribution in [-0.4, -0.2) is 36.4 Å². The van der Waals surface area contributed by atoms with Crippen molar-refractivity contribution >= 4 is 17.9 Å². The van der Waals surface area contributed by atoms with E-state index in [9.17, 15) is 4.79 Å². The number of piperidine rings is 1. The first kappa shape index (κ1) is 12.9. The van der Waals surface area contributed by atoms with Gasteiger partial charge in [0.2, 0.25) is 0 Å². The number of carbonyl (C=O) groups excluding carboxylic acids is 1. The van der Waals surface area contributed by atoms with Crippen molar-refractivity contribution in [2.75, 3.05) is 7.05 Å². The summed E-state index contributed by atoms with van der Waals surface area (Å²) in [5.41, 5.74) is 0.584. The Kier molecular flexibility index (Phi) is 3.50. The second-order valence-electron chi connectivity index (χ2n) is 5.57. The van der Waals surface area contributed by atoms with Crippen molar-refractivity contribution in [1.29, 1.82) is 0 Å². The van der Waals surface area contributed by atoms with Crippen LogP contribution in [0.1, 0.15) is 36.0 Å². The maximum Gasteiger partial charge on any atom is 0.150 e. The minimum atomic E-state index is 0.244. The molecule has 3 rings (SSSR count). The van der Waals surface area contributed by atoms with E-state index in [2.05, 4.69) is 11.9 Å². The van der Waals surface area contributed by atoms with Crippen LogP contribution in [0, 0.1) is 0 Å². The Morgan fingerprint density at radius 1 is 1.32 bits per heavy atom. The molecule has 2 atom stereocenters. The van der Waals surface area contributed by atoms with Crippen molar-refractivity contribution in [3.05, 3.63) is 28.8 Å². The number of hydrogen-bond donors (Lipinski definition) is 0. The molecule has 4 heteroatoms. The van der Waals surface area contributed by atoms with Crippen molar-refractivity contribution in [3.8, 4) is 5.75 Å². The van der Waals surface area contributed by atoms with Crippen LogP contribution in [0.25, 0.3) is 0 Å². The van der Waals surface area contributed by atoms with E-state index in [-0.39, 0.29) is 6.10 Å². The zero-order valence-corrected chi connectivity index (χ0v) is 11.8. The van der Waals surface area contributed by atoms with Gasteiger partial charge in [-0.25, -0.2) is 0 Å². The van der Waals surface area contributed by atoms with Crippen molar-refractivity contribution in [3.63, 3.8) is 0 Å². The third kappa shape index (κ3) is 2.49. The van der Waals surface area contributed by atoms with Crippen LogP contribution in [0.5, 0.6) is 5.75 Å². The molecule has 1 aromatic rings. The molecule has 2 saturated heterocycles. The van der Waals surface area contributed by atoms with Crippen LogP contribution in [-0.2, 0) is 0 Å². The molecular weight excluding hydrogens is 262 g/mol. The van der Waals surface area contributed by atoms with Gasteiger partial charge in [0.15, 0.2) is 0 Å². The summed E-state index contributed by atoms with van der Waals surface area (Å²) in [4.78, 5) is 13.2. The van der Waals surface area contributed by atoms with Crippen molar-refractivity contribution in [2.45, 2.75) is 43.9 Å². The standard InChI is InChI=1S/C15H18ClNO2/c1-17-11-3-4-12(17)8-13(7-11)19-15-5-2-10(9-18)6-14(15)16/h2,5-6,9,11-13H,3-4,7-8H2,1H3. The van der Waals surface area contributed by atoms with Gasteiger partial charge in [0.1, 0.15) is 18.1 Å². The van der Waals surface area contributed by atoms with Gasteiger partial charge in [-0.15, -0.1) is 0 Å². The minimum Gasteiger partial charge on any atom is -0.489 e. The zero-order chi connectivity index (χ0) is 13.4. The number of ether oxygens (including phenoxy) is 1. The summed E-state index contributed by atoms with van der Waals surface area (Å²) in [6.45, 7) is 0. The molecule has 2 heterocycles. The molecule has 2 unspecified atom stereocenters. The Morgan fingerprint density at radius 2 is 2.00 bits per heavy atom. The Bertz CT molecular complexity index is 477. The fraction of sp³-hybridized carbons (Fsp3) is 0.533. The molecule has 0 aliphatic carbocycles. The fourth-order valence-electron chi connectivity index (χ4n) is 3.32. The third-order valence-electron chi connectivity index (χ3n) is 4.44. The van der Waals surface area contributed by atoms with Gasteiger partial charge >= 0.3 is 0 Å². The first-order chi connectivity index (χ1) is 9.17. The van der Waals surface area contributed by atoms with E-state index < -0.39 is 0 Å². The van der Waals surface area contributed by atoms with Crippen LogP contribution in [0.15, 0.2) is 18.2 Å². The average Bonchev–Trinajstić information content (AvgIpc) is 2.64. The van der Waals surface area contributed by atoms with Crippen LogP contribution < -0.4 is 4.74 Å². The number of carbonyl (C=O) groups is 1. The van der Waals surface area contributed by atoms with Gasteiger partial charge in [-0.3, -0.25) is 4.79 Å². The van der Waals surface area contributed by atoms with E-state index in [1.807, 2.05) is 0 Å². The van der Waals surface area contributed by atoms with Crippen molar-refractivity contribution in [2.24, 2.45) is 0 Å². The third-order valence-corrected chi connectivity index (χ3v) is 4.74. The van der Waals surface area contributed by atoms with Crippen LogP contribution in [0.4, 0.5) is 0 Å². The van der Waals surface area contributed by atoms with Gasteiger partial charge in [0.05, 0.1) is 5.02 Å². The van der Waals surface area contributed by atoms with Crippen LogP contribution in [0.3, 0.4) is 0 Å². The lowest BCUT2D eigenvalue weighted by molar-refractivity contribution is 0.0662. The lowest BCUT2D eigenvalue weighted by atomic mass is 10.0. The SMILES string of the molecule is CN1C2CCC1CC(Oc1ccc(C=O)cc1Cl)C2. The molecule has 2 bridgehead atoms. The molecule has 0 aromatic heterocycles. The topological polar surface area (TPSA) is 29.5 Å². The van der Waals surface area contributed by atoms with Crippen molar-refractivity contribution < 1.29 is 9.53 Å². The van der Waals surface area contributed by atoms with Gasteiger partial charge < -0.3 is 9.64 Å². The molecule has 0 N–H and O–H groups in total. The summed E-state index contributed by atoms with van der Waals surface area (Å²) >= 11 is 6.15. The first-order valence-corrected chi connectivity index (χ1v) is 7.18. The molecule has 19 heavy (non-hydrogen) atoms. The number of aldehydes is 1. The van der Waals surface area contributed by atoms with Gasteiger partial charge in [-0.05, 0) is 50.9 Å². The number of nitrogens with zero attached hydrogens (tertiary/aromatic N) is 1. The highest BCUT2D eigenvalue weighted by atomic mass is 35.5. The van der Waals surface area contributed by atoms with E-state index in [0.29, 0.717) is 28.4 Å². The van der Waals surface area contributed by atoms with Gasteiger partial charge in [-0.2, -0.15) is 0 Å². The van der Waals surface area contributed by atoms with E-state index in [1.165, 1.54) is 12.8 Å². The number of halogens is 1. The number of rotatable bonds is 3. The molecule has 2 aliphatic rings. The number of hydrogen-bond acceptors (Lipinski definition) is 3. The predicted octanol–water partition coefficient (Wildman–Crippen LogP) is 3.16. The highest BCUT2D eigenvalue weighted by molar-refractivity contribution is 6.32. The maximum atomic E-state index is 10.7. The second kappa shape index (κ2) is 5.14. The summed E-state index contributed by atoms with van der Waals surface area (Å²) in [7, 11) is 2.21. The fourth-order valence-corrected chi connectivity index (χ4v) is 3.56. The Labute approximate surface area is 118 Å². The lowest BCUT2D eigenvalue weighted by Gasteiger charge is -2.36. The average molecular weight is 280 g/mol. The molecule has 102 valence electrons. The van der Waals surface area contributed by atoms with Gasteiger partial charge in [0.25, 0.3) is 0 Å². The second-order valence-corrected chi connectivity index (χ2v) is 5.98. The molecule has 0 saturated carbocycles. The van der Waals surface area contributed by atoms with E-state index in [1.54, 1.807) is 18.2 Å². The monoisotopic (exact) mass is 279 g/mol. The smallest absolute Gasteiger partial charge is 0.150 e. The van der Waals surface area contributed by atoms with E-state index in [0.717, 1.165) is 19.1 Å². The molecule has 0 spiro atoms. The molecular formula is C15H18ClNO2. The summed E-state index contributed by atoms with van der Waals surface area (Å²) in [5, 5.41) is 0.524. The number of fused-ring (bicyclic) bond motifs is 2. The first-order valence-electron chi connectivity index (χ1n) is 6.80. The van der Waals surface area contributed by atoms with Gasteiger partial charge in [0, 0.05) is 17.6 Å². The summed E-state index contributed by atoms with van der Waals surface area (Å²) < 4.78 is 6.04. The van der Waals surface area contributed by atoms with E-state index in [4.69, 9.17) is 16.3 Å². The van der Waals surface area contributed by atoms with Crippen molar-refractivity contribution in [1.82, 2.24) is 4.90 Å². The quantitative estimate of drug-likeness (QED) is 0.796. The highest BCUT2D eigenvalue weighted by Gasteiger charge is 2.39. The largest absolute Gasteiger partial charge is 0.489 e.